The third-order valence-corrected chi connectivity index (χ3v) is 4.63. The Morgan fingerprint density at radius 3 is 2.08 bits per heavy atom. The monoisotopic (exact) mass is 358 g/mol. The van der Waals surface area contributed by atoms with E-state index >= 15 is 0 Å². The van der Waals surface area contributed by atoms with Crippen LogP contribution in [0.5, 0.6) is 0 Å². The van der Waals surface area contributed by atoms with Crippen molar-refractivity contribution in [2.45, 2.75) is 25.0 Å². The van der Waals surface area contributed by atoms with Gasteiger partial charge in [0.1, 0.15) is 0 Å². The minimum Gasteiger partial charge on any atom is -0.388 e. The summed E-state index contributed by atoms with van der Waals surface area (Å²) in [6, 6.07) is 19.2. The third-order valence-electron chi connectivity index (χ3n) is 4.02. The average molecular weight is 359 g/mol. The molecule has 3 N–H and O–H groups in total. The fraction of sp³-hybridized carbons (Fsp3) is 0.350. The maximum Gasteiger partial charge on any atom is 0.315 e. The van der Waals surface area contributed by atoms with Crippen LogP contribution in [0.25, 0.3) is 0 Å². The fourth-order valence-electron chi connectivity index (χ4n) is 2.51. The van der Waals surface area contributed by atoms with Crippen molar-refractivity contribution in [3.8, 4) is 0 Å². The molecule has 0 spiro atoms. The molecule has 0 saturated carbocycles. The Balaban J connectivity index is 2.03. The highest BCUT2D eigenvalue weighted by Crippen LogP contribution is 2.21. The summed E-state index contributed by atoms with van der Waals surface area (Å²) in [6.07, 6.45) is 2.63. The number of carbonyl (C=O) groups is 1. The number of hydrogen-bond acceptors (Lipinski definition) is 3. The van der Waals surface area contributed by atoms with Crippen molar-refractivity contribution in [2.75, 3.05) is 18.6 Å². The molecule has 4 nitrogen and oxygen atoms in total. The molecule has 2 aromatic carbocycles. The molecule has 134 valence electrons. The zero-order valence-electron chi connectivity index (χ0n) is 14.7. The largest absolute Gasteiger partial charge is 0.388 e. The first-order valence-electron chi connectivity index (χ1n) is 8.37. The van der Waals surface area contributed by atoms with Gasteiger partial charge in [-0.15, -0.1) is 0 Å². The van der Waals surface area contributed by atoms with Crippen molar-refractivity contribution in [1.29, 1.82) is 0 Å². The van der Waals surface area contributed by atoms with Gasteiger partial charge < -0.3 is 15.7 Å². The lowest BCUT2D eigenvalue weighted by Gasteiger charge is -2.25. The molecule has 2 rings (SSSR count). The van der Waals surface area contributed by atoms with Crippen LogP contribution in [-0.4, -0.2) is 35.3 Å². The lowest BCUT2D eigenvalue weighted by Crippen LogP contribution is -2.46. The number of hydrogen-bond donors (Lipinski definition) is 3. The van der Waals surface area contributed by atoms with Gasteiger partial charge in [0.2, 0.25) is 0 Å². The van der Waals surface area contributed by atoms with E-state index in [4.69, 9.17) is 0 Å². The van der Waals surface area contributed by atoms with E-state index in [1.807, 2.05) is 66.9 Å². The van der Waals surface area contributed by atoms with Gasteiger partial charge >= 0.3 is 6.03 Å². The number of thioether (sulfide) groups is 1. The van der Waals surface area contributed by atoms with Crippen molar-refractivity contribution in [3.63, 3.8) is 0 Å². The number of urea groups is 1. The number of benzene rings is 2. The summed E-state index contributed by atoms with van der Waals surface area (Å²) in [5.74, 6) is 0.854. The normalized spacial score (nSPS) is 13.3. The van der Waals surface area contributed by atoms with Crippen LogP contribution in [0.2, 0.25) is 0 Å². The molecule has 0 aliphatic rings. The topological polar surface area (TPSA) is 61.4 Å². The Labute approximate surface area is 154 Å². The van der Waals surface area contributed by atoms with E-state index in [2.05, 4.69) is 10.6 Å². The highest BCUT2D eigenvalue weighted by Gasteiger charge is 2.22. The quantitative estimate of drug-likeness (QED) is 0.676. The Morgan fingerprint density at radius 1 is 1.08 bits per heavy atom. The fourth-order valence-corrected chi connectivity index (χ4v) is 3.16. The molecule has 2 amide bonds. The van der Waals surface area contributed by atoms with E-state index in [1.54, 1.807) is 18.7 Å². The molecule has 0 aromatic heterocycles. The van der Waals surface area contributed by atoms with Gasteiger partial charge in [-0.05, 0) is 36.5 Å². The third kappa shape index (κ3) is 6.44. The van der Waals surface area contributed by atoms with Gasteiger partial charge in [0, 0.05) is 6.54 Å². The molecule has 25 heavy (non-hydrogen) atoms. The second-order valence-electron chi connectivity index (χ2n) is 6.32. The van der Waals surface area contributed by atoms with Crippen LogP contribution in [0.3, 0.4) is 0 Å². The average Bonchev–Trinajstić information content (AvgIpc) is 2.64. The molecule has 0 unspecified atom stereocenters. The molecular weight excluding hydrogens is 332 g/mol. The Morgan fingerprint density at radius 2 is 1.60 bits per heavy atom. The number of aliphatic hydroxyl groups is 1. The molecule has 0 bridgehead atoms. The minimum absolute atomic E-state index is 0.218. The van der Waals surface area contributed by atoms with E-state index in [0.29, 0.717) is 6.42 Å². The predicted octanol–water partition coefficient (Wildman–Crippen LogP) is 3.58. The van der Waals surface area contributed by atoms with Crippen molar-refractivity contribution in [1.82, 2.24) is 10.6 Å². The minimum atomic E-state index is -0.907. The van der Waals surface area contributed by atoms with E-state index in [1.165, 1.54) is 0 Å². The number of carbonyl (C=O) groups excluding carboxylic acids is 1. The van der Waals surface area contributed by atoms with Gasteiger partial charge in [-0.2, -0.15) is 11.8 Å². The van der Waals surface area contributed by atoms with Crippen LogP contribution in [0.15, 0.2) is 60.7 Å². The lowest BCUT2D eigenvalue weighted by atomic mass is 9.99. The summed E-state index contributed by atoms with van der Waals surface area (Å²) in [7, 11) is 0. The summed E-state index contributed by atoms with van der Waals surface area (Å²) < 4.78 is 0. The van der Waals surface area contributed by atoms with Crippen LogP contribution in [0, 0.1) is 0 Å². The standard InChI is InChI=1S/C20H26N2O2S/c1-20(24,13-14-25-2)15-21-19(23)22-18(16-9-5-3-6-10-16)17-11-7-4-8-12-17/h3-12,18,24H,13-15H2,1-2H3,(H2,21,22,23)/t20-/m1/s1. The van der Waals surface area contributed by atoms with Crippen LogP contribution in [-0.2, 0) is 0 Å². The zero-order chi connectivity index (χ0) is 18.1. The van der Waals surface area contributed by atoms with Crippen LogP contribution >= 0.6 is 11.8 Å². The Bertz CT molecular complexity index is 608. The molecule has 0 radical (unpaired) electrons. The zero-order valence-corrected chi connectivity index (χ0v) is 15.6. The van der Waals surface area contributed by atoms with Gasteiger partial charge in [-0.3, -0.25) is 0 Å². The Hall–Kier alpha value is -1.98. The number of rotatable bonds is 8. The first kappa shape index (κ1) is 19.3. The van der Waals surface area contributed by atoms with Gasteiger partial charge in [-0.1, -0.05) is 60.7 Å². The summed E-state index contributed by atoms with van der Waals surface area (Å²) in [5.41, 5.74) is 1.12. The van der Waals surface area contributed by atoms with Crippen LogP contribution < -0.4 is 10.6 Å². The molecular formula is C20H26N2O2S. The van der Waals surface area contributed by atoms with E-state index in [9.17, 15) is 9.90 Å². The molecule has 0 heterocycles. The van der Waals surface area contributed by atoms with E-state index in [0.717, 1.165) is 16.9 Å². The molecule has 2 aromatic rings. The predicted molar refractivity (Wildman–Crippen MR) is 105 cm³/mol. The van der Waals surface area contributed by atoms with Crippen LogP contribution in [0.4, 0.5) is 4.79 Å². The smallest absolute Gasteiger partial charge is 0.315 e. The first-order valence-corrected chi connectivity index (χ1v) is 9.77. The summed E-state index contributed by atoms with van der Waals surface area (Å²) in [6.45, 7) is 1.96. The summed E-state index contributed by atoms with van der Waals surface area (Å²) >= 11 is 1.68. The summed E-state index contributed by atoms with van der Waals surface area (Å²) in [5, 5.41) is 16.1. The van der Waals surface area contributed by atoms with Crippen molar-refractivity contribution in [2.24, 2.45) is 0 Å². The van der Waals surface area contributed by atoms with Crippen molar-refractivity contribution < 1.29 is 9.90 Å². The maximum atomic E-state index is 12.4. The molecule has 5 heteroatoms. The maximum absolute atomic E-state index is 12.4. The van der Waals surface area contributed by atoms with Crippen molar-refractivity contribution >= 4 is 17.8 Å². The number of amides is 2. The number of nitrogens with one attached hydrogen (secondary N) is 2. The van der Waals surface area contributed by atoms with Crippen LogP contribution in [0.1, 0.15) is 30.5 Å². The molecule has 0 aliphatic carbocycles. The van der Waals surface area contributed by atoms with Gasteiger partial charge in [0.15, 0.2) is 0 Å². The Kier molecular flexibility index (Phi) is 7.34. The second-order valence-corrected chi connectivity index (χ2v) is 7.31. The molecule has 0 aliphatic heterocycles. The van der Waals surface area contributed by atoms with Gasteiger partial charge in [-0.25, -0.2) is 4.79 Å². The highest BCUT2D eigenvalue weighted by molar-refractivity contribution is 7.98. The summed E-state index contributed by atoms with van der Waals surface area (Å²) in [4.78, 5) is 12.4. The first-order chi connectivity index (χ1) is 12.0. The van der Waals surface area contributed by atoms with Gasteiger partial charge in [0.25, 0.3) is 0 Å². The van der Waals surface area contributed by atoms with Gasteiger partial charge in [0.05, 0.1) is 11.6 Å². The highest BCUT2D eigenvalue weighted by atomic mass is 32.2. The van der Waals surface area contributed by atoms with Crippen molar-refractivity contribution in [3.05, 3.63) is 71.8 Å². The van der Waals surface area contributed by atoms with E-state index < -0.39 is 5.60 Å². The molecule has 0 saturated heterocycles. The lowest BCUT2D eigenvalue weighted by molar-refractivity contribution is 0.0593. The molecule has 0 fully saturated rings. The van der Waals surface area contributed by atoms with E-state index in [-0.39, 0.29) is 18.6 Å². The molecule has 1 atom stereocenters. The second kappa shape index (κ2) is 9.49. The SMILES string of the molecule is CSCC[C@@](C)(O)CNC(=O)NC(c1ccccc1)c1ccccc1.